The topological polar surface area (TPSA) is 80.0 Å². The Hall–Kier alpha value is -3.07. The van der Waals surface area contributed by atoms with Crippen LogP contribution in [-0.4, -0.2) is 50.4 Å². The smallest absolute Gasteiger partial charge is 0.229 e. The van der Waals surface area contributed by atoms with Crippen LogP contribution in [0.1, 0.15) is 49.6 Å². The molecule has 170 valence electrons. The summed E-state index contributed by atoms with van der Waals surface area (Å²) in [6.45, 7) is 2.56. The summed E-state index contributed by atoms with van der Waals surface area (Å²) in [4.78, 5) is 36.5. The van der Waals surface area contributed by atoms with Crippen molar-refractivity contribution in [3.05, 3.63) is 35.6 Å². The molecule has 6 rings (SSSR count). The van der Waals surface area contributed by atoms with Gasteiger partial charge < -0.3 is 14.4 Å². The van der Waals surface area contributed by atoms with Crippen molar-refractivity contribution in [3.8, 4) is 0 Å². The molecule has 1 aliphatic carbocycles. The van der Waals surface area contributed by atoms with Crippen LogP contribution in [0.3, 0.4) is 0 Å². The number of hydrogen-bond acceptors (Lipinski definition) is 8. The summed E-state index contributed by atoms with van der Waals surface area (Å²) in [5.74, 6) is 1.81. The molecule has 9 heteroatoms. The zero-order valence-electron chi connectivity index (χ0n) is 18.8. The number of carbonyl (C=O) groups excluding carboxylic acids is 1. The van der Waals surface area contributed by atoms with Gasteiger partial charge in [0.2, 0.25) is 5.95 Å². The molecule has 1 aromatic carbocycles. The Balaban J connectivity index is 1.41. The number of para-hydroxylation sites is 1. The normalized spacial score (nSPS) is 19.1. The van der Waals surface area contributed by atoms with E-state index in [2.05, 4.69) is 15.9 Å². The number of imidazole rings is 1. The molecular formula is C24H27N7OS. The third-order valence-electron chi connectivity index (χ3n) is 6.71. The molecule has 1 aliphatic heterocycles. The van der Waals surface area contributed by atoms with Crippen LogP contribution in [0, 0.1) is 0 Å². The van der Waals surface area contributed by atoms with E-state index in [-0.39, 0.29) is 11.8 Å². The minimum Gasteiger partial charge on any atom is -0.351 e. The minimum atomic E-state index is -0.174. The molecule has 0 radical (unpaired) electrons. The third-order valence-corrected chi connectivity index (χ3v) is 7.73. The molecule has 0 bridgehead atoms. The van der Waals surface area contributed by atoms with Crippen LogP contribution in [0.5, 0.6) is 0 Å². The molecule has 0 N–H and O–H groups in total. The number of hydrogen-bond donors (Lipinski definition) is 0. The molecule has 4 aromatic rings. The average Bonchev–Trinajstić information content (AvgIpc) is 3.58. The predicted molar refractivity (Wildman–Crippen MR) is 131 cm³/mol. The second-order valence-electron chi connectivity index (χ2n) is 9.02. The SMILES string of the molecule is CN(Cc1nc2ccccc2s1)c1nc(N2CCCC2)nc2c1ncn2C1CCCCC1=O. The second-order valence-corrected chi connectivity index (χ2v) is 10.1. The van der Waals surface area contributed by atoms with Gasteiger partial charge in [0, 0.05) is 26.6 Å². The number of carbonyl (C=O) groups is 1. The van der Waals surface area contributed by atoms with Crippen molar-refractivity contribution < 1.29 is 4.79 Å². The summed E-state index contributed by atoms with van der Waals surface area (Å²) >= 11 is 1.71. The first-order valence-corrected chi connectivity index (χ1v) is 12.6. The zero-order valence-corrected chi connectivity index (χ0v) is 19.6. The number of ketones is 1. The monoisotopic (exact) mass is 461 g/mol. The molecule has 8 nitrogen and oxygen atoms in total. The molecule has 2 aliphatic rings. The zero-order chi connectivity index (χ0) is 22.4. The molecule has 4 heterocycles. The van der Waals surface area contributed by atoms with Gasteiger partial charge in [-0.15, -0.1) is 11.3 Å². The lowest BCUT2D eigenvalue weighted by Gasteiger charge is -2.24. The van der Waals surface area contributed by atoms with E-state index in [0.29, 0.717) is 13.0 Å². The lowest BCUT2D eigenvalue weighted by molar-refractivity contribution is -0.123. The first-order valence-electron chi connectivity index (χ1n) is 11.8. The largest absolute Gasteiger partial charge is 0.351 e. The molecular weight excluding hydrogens is 434 g/mol. The summed E-state index contributed by atoms with van der Waals surface area (Å²) in [6.07, 6.45) is 7.62. The van der Waals surface area contributed by atoms with Gasteiger partial charge in [-0.1, -0.05) is 18.6 Å². The Morgan fingerprint density at radius 3 is 2.76 bits per heavy atom. The molecule has 3 aromatic heterocycles. The fourth-order valence-electron chi connectivity index (χ4n) is 4.97. The Kier molecular flexibility index (Phi) is 5.21. The number of aromatic nitrogens is 5. The summed E-state index contributed by atoms with van der Waals surface area (Å²) < 4.78 is 3.18. The van der Waals surface area contributed by atoms with Gasteiger partial charge in [-0.2, -0.15) is 9.97 Å². The number of Topliss-reactive ketones (excluding diaryl/α,β-unsaturated/α-hetero) is 1. The van der Waals surface area contributed by atoms with E-state index in [0.717, 1.165) is 78.6 Å². The number of anilines is 2. The lowest BCUT2D eigenvalue weighted by atomic mass is 9.94. The fourth-order valence-corrected chi connectivity index (χ4v) is 5.99. The van der Waals surface area contributed by atoms with E-state index in [1.807, 2.05) is 29.8 Å². The van der Waals surface area contributed by atoms with Gasteiger partial charge >= 0.3 is 0 Å². The van der Waals surface area contributed by atoms with E-state index in [1.54, 1.807) is 17.7 Å². The first-order chi connectivity index (χ1) is 16.2. The van der Waals surface area contributed by atoms with Crippen molar-refractivity contribution in [2.24, 2.45) is 0 Å². The molecule has 2 fully saturated rings. The molecule has 1 unspecified atom stereocenters. The fraction of sp³-hybridized carbons (Fsp3) is 0.458. The van der Waals surface area contributed by atoms with Gasteiger partial charge in [-0.3, -0.25) is 4.79 Å². The number of fused-ring (bicyclic) bond motifs is 2. The highest BCUT2D eigenvalue weighted by atomic mass is 32.1. The number of nitrogens with zero attached hydrogens (tertiary/aromatic N) is 7. The Bertz CT molecular complexity index is 1290. The first kappa shape index (κ1) is 20.5. The summed E-state index contributed by atoms with van der Waals surface area (Å²) in [6, 6.07) is 8.04. The van der Waals surface area contributed by atoms with Crippen molar-refractivity contribution in [1.82, 2.24) is 24.5 Å². The maximum atomic E-state index is 12.7. The van der Waals surface area contributed by atoms with Crippen LogP contribution < -0.4 is 9.80 Å². The summed E-state index contributed by atoms with van der Waals surface area (Å²) in [7, 11) is 2.03. The second kappa shape index (κ2) is 8.37. The van der Waals surface area contributed by atoms with E-state index in [1.165, 1.54) is 4.70 Å². The number of rotatable bonds is 5. The van der Waals surface area contributed by atoms with E-state index in [9.17, 15) is 4.79 Å². The maximum absolute atomic E-state index is 12.7. The van der Waals surface area contributed by atoms with Crippen molar-refractivity contribution in [3.63, 3.8) is 0 Å². The molecule has 1 saturated heterocycles. The van der Waals surface area contributed by atoms with Crippen LogP contribution in [0.25, 0.3) is 21.4 Å². The van der Waals surface area contributed by atoms with Crippen molar-refractivity contribution in [1.29, 1.82) is 0 Å². The third kappa shape index (κ3) is 3.74. The van der Waals surface area contributed by atoms with Crippen molar-refractivity contribution in [2.45, 2.75) is 51.1 Å². The van der Waals surface area contributed by atoms with Crippen molar-refractivity contribution in [2.75, 3.05) is 29.9 Å². The van der Waals surface area contributed by atoms with Crippen molar-refractivity contribution >= 4 is 50.3 Å². The Morgan fingerprint density at radius 1 is 1.09 bits per heavy atom. The standard InChI is InChI=1S/C24H27N7OS/c1-29(14-20-26-16-8-2-5-11-19(16)33-20)22-21-23(28-24(27-22)30-12-6-7-13-30)31(15-25-21)17-9-3-4-10-18(17)32/h2,5,8,11,15,17H,3-4,6-7,9-10,12-14H2,1H3. The van der Waals surface area contributed by atoms with Crippen LogP contribution in [0.4, 0.5) is 11.8 Å². The van der Waals surface area contributed by atoms with Gasteiger partial charge in [0.25, 0.3) is 0 Å². The van der Waals surface area contributed by atoms with Gasteiger partial charge in [0.05, 0.1) is 29.1 Å². The Morgan fingerprint density at radius 2 is 1.94 bits per heavy atom. The average molecular weight is 462 g/mol. The molecule has 33 heavy (non-hydrogen) atoms. The highest BCUT2D eigenvalue weighted by Crippen LogP contribution is 2.33. The van der Waals surface area contributed by atoms with Crippen LogP contribution in [-0.2, 0) is 11.3 Å². The molecule has 0 spiro atoms. The quantitative estimate of drug-likeness (QED) is 0.437. The van der Waals surface area contributed by atoms with Gasteiger partial charge in [0.1, 0.15) is 5.01 Å². The molecule has 1 atom stereocenters. The van der Waals surface area contributed by atoms with Gasteiger partial charge in [-0.25, -0.2) is 9.97 Å². The highest BCUT2D eigenvalue weighted by Gasteiger charge is 2.28. The lowest BCUT2D eigenvalue weighted by Crippen LogP contribution is -2.25. The van der Waals surface area contributed by atoms with Crippen LogP contribution >= 0.6 is 11.3 Å². The van der Waals surface area contributed by atoms with Crippen LogP contribution in [0.2, 0.25) is 0 Å². The van der Waals surface area contributed by atoms with Crippen LogP contribution in [0.15, 0.2) is 30.6 Å². The summed E-state index contributed by atoms with van der Waals surface area (Å²) in [5, 5.41) is 1.04. The molecule has 0 amide bonds. The van der Waals surface area contributed by atoms with Gasteiger partial charge in [-0.05, 0) is 37.8 Å². The van der Waals surface area contributed by atoms with E-state index in [4.69, 9.17) is 19.9 Å². The minimum absolute atomic E-state index is 0.174. The molecule has 1 saturated carbocycles. The van der Waals surface area contributed by atoms with E-state index < -0.39 is 0 Å². The van der Waals surface area contributed by atoms with Gasteiger partial charge in [0.15, 0.2) is 22.8 Å². The number of thiazole rings is 1. The summed E-state index contributed by atoms with van der Waals surface area (Å²) in [5.41, 5.74) is 2.54. The number of benzene rings is 1. The van der Waals surface area contributed by atoms with E-state index >= 15 is 0 Å². The highest BCUT2D eigenvalue weighted by molar-refractivity contribution is 7.18. The predicted octanol–water partition coefficient (Wildman–Crippen LogP) is 4.36. The maximum Gasteiger partial charge on any atom is 0.229 e. The Labute approximate surface area is 196 Å².